The first-order valence-electron chi connectivity index (χ1n) is 4.15. The first kappa shape index (κ1) is 10.9. The zero-order chi connectivity index (χ0) is 11.7. The summed E-state index contributed by atoms with van der Waals surface area (Å²) in [4.78, 5) is 3.64. The standard InChI is InChI=1S/C9H4ClF3N2O/c10-3-7-14-9(16-15-7)8-5(12)1-4(11)2-6(8)13/h1-2H,3H2. The minimum atomic E-state index is -1.11. The van der Waals surface area contributed by atoms with Gasteiger partial charge in [0.25, 0.3) is 5.89 Å². The van der Waals surface area contributed by atoms with Crippen LogP contribution in [0.5, 0.6) is 0 Å². The second-order valence-electron chi connectivity index (χ2n) is 2.89. The number of hydrogen-bond donors (Lipinski definition) is 0. The fourth-order valence-electron chi connectivity index (χ4n) is 1.16. The van der Waals surface area contributed by atoms with E-state index >= 15 is 0 Å². The molecule has 1 heterocycles. The lowest BCUT2D eigenvalue weighted by Crippen LogP contribution is -1.92. The average molecular weight is 249 g/mol. The molecule has 0 radical (unpaired) electrons. The minimum Gasteiger partial charge on any atom is -0.334 e. The molecule has 0 bridgehead atoms. The van der Waals surface area contributed by atoms with Crippen LogP contribution in [-0.4, -0.2) is 10.1 Å². The van der Waals surface area contributed by atoms with E-state index in [1.807, 2.05) is 0 Å². The van der Waals surface area contributed by atoms with Gasteiger partial charge >= 0.3 is 0 Å². The van der Waals surface area contributed by atoms with Crippen molar-refractivity contribution in [1.29, 1.82) is 0 Å². The zero-order valence-electron chi connectivity index (χ0n) is 7.68. The van der Waals surface area contributed by atoms with Crippen LogP contribution >= 0.6 is 11.6 Å². The fourth-order valence-corrected chi connectivity index (χ4v) is 1.26. The summed E-state index contributed by atoms with van der Waals surface area (Å²) in [5, 5.41) is 3.37. The van der Waals surface area contributed by atoms with Crippen molar-refractivity contribution in [2.45, 2.75) is 5.88 Å². The third kappa shape index (κ3) is 1.88. The molecule has 2 rings (SSSR count). The Bertz CT molecular complexity index is 506. The lowest BCUT2D eigenvalue weighted by atomic mass is 10.2. The molecule has 0 N–H and O–H groups in total. The van der Waals surface area contributed by atoms with Crippen molar-refractivity contribution in [2.75, 3.05) is 0 Å². The van der Waals surface area contributed by atoms with Gasteiger partial charge in [0.15, 0.2) is 5.82 Å². The summed E-state index contributed by atoms with van der Waals surface area (Å²) < 4.78 is 43.8. The van der Waals surface area contributed by atoms with Crippen LogP contribution < -0.4 is 0 Å². The molecule has 0 amide bonds. The Balaban J connectivity index is 2.55. The second kappa shape index (κ2) is 4.13. The van der Waals surface area contributed by atoms with Crippen molar-refractivity contribution >= 4 is 11.6 Å². The van der Waals surface area contributed by atoms with E-state index in [1.165, 1.54) is 0 Å². The van der Waals surface area contributed by atoms with Gasteiger partial charge in [-0.25, -0.2) is 13.2 Å². The first-order valence-corrected chi connectivity index (χ1v) is 4.68. The van der Waals surface area contributed by atoms with E-state index in [0.29, 0.717) is 12.1 Å². The van der Waals surface area contributed by atoms with Crippen LogP contribution in [0.2, 0.25) is 0 Å². The fraction of sp³-hybridized carbons (Fsp3) is 0.111. The molecule has 1 aromatic heterocycles. The summed E-state index contributed by atoms with van der Waals surface area (Å²) in [6, 6.07) is 1.06. The lowest BCUT2D eigenvalue weighted by molar-refractivity contribution is 0.418. The molecular formula is C9H4ClF3N2O. The van der Waals surface area contributed by atoms with Gasteiger partial charge in [-0.2, -0.15) is 4.98 Å². The molecule has 0 fully saturated rings. The zero-order valence-corrected chi connectivity index (χ0v) is 8.43. The van der Waals surface area contributed by atoms with Gasteiger partial charge in [0, 0.05) is 12.1 Å². The van der Waals surface area contributed by atoms with Crippen molar-refractivity contribution < 1.29 is 17.7 Å². The quantitative estimate of drug-likeness (QED) is 0.767. The topological polar surface area (TPSA) is 38.9 Å². The number of aromatic nitrogens is 2. The lowest BCUT2D eigenvalue weighted by Gasteiger charge is -1.99. The molecule has 16 heavy (non-hydrogen) atoms. The summed E-state index contributed by atoms with van der Waals surface area (Å²) in [6.45, 7) is 0. The Kier molecular flexibility index (Phi) is 2.82. The highest BCUT2D eigenvalue weighted by atomic mass is 35.5. The van der Waals surface area contributed by atoms with Gasteiger partial charge in [-0.1, -0.05) is 5.16 Å². The molecule has 0 saturated carbocycles. The maximum Gasteiger partial charge on any atom is 0.263 e. The van der Waals surface area contributed by atoms with Crippen LogP contribution in [-0.2, 0) is 5.88 Å². The van der Waals surface area contributed by atoms with E-state index in [1.54, 1.807) is 0 Å². The van der Waals surface area contributed by atoms with Gasteiger partial charge in [0.1, 0.15) is 23.0 Å². The molecule has 0 aliphatic carbocycles. The molecule has 2 aromatic rings. The number of nitrogens with zero attached hydrogens (tertiary/aromatic N) is 2. The van der Waals surface area contributed by atoms with Crippen LogP contribution in [0.4, 0.5) is 13.2 Å². The predicted molar refractivity (Wildman–Crippen MR) is 49.2 cm³/mol. The molecule has 0 aliphatic rings. The normalized spacial score (nSPS) is 10.8. The Morgan fingerprint density at radius 1 is 1.19 bits per heavy atom. The molecule has 3 nitrogen and oxygen atoms in total. The number of benzene rings is 1. The summed E-state index contributed by atoms with van der Waals surface area (Å²) in [7, 11) is 0. The van der Waals surface area contributed by atoms with E-state index in [4.69, 9.17) is 11.6 Å². The summed E-state index contributed by atoms with van der Waals surface area (Å²) in [5.41, 5.74) is -0.565. The minimum absolute atomic E-state index is 0.0477. The molecule has 0 atom stereocenters. The Morgan fingerprint density at radius 2 is 1.81 bits per heavy atom. The Morgan fingerprint density at radius 3 is 2.31 bits per heavy atom. The highest BCUT2D eigenvalue weighted by Gasteiger charge is 2.19. The average Bonchev–Trinajstić information content (AvgIpc) is 2.64. The van der Waals surface area contributed by atoms with Crippen LogP contribution in [0.3, 0.4) is 0 Å². The van der Waals surface area contributed by atoms with Crippen LogP contribution in [0.15, 0.2) is 16.7 Å². The SMILES string of the molecule is Fc1cc(F)c(-c2nc(CCl)no2)c(F)c1. The van der Waals surface area contributed by atoms with Gasteiger partial charge in [-0.3, -0.25) is 0 Å². The van der Waals surface area contributed by atoms with Gasteiger partial charge in [-0.15, -0.1) is 11.6 Å². The molecule has 0 unspecified atom stereocenters. The molecule has 1 aromatic carbocycles. The smallest absolute Gasteiger partial charge is 0.263 e. The van der Waals surface area contributed by atoms with Gasteiger partial charge in [0.2, 0.25) is 0 Å². The second-order valence-corrected chi connectivity index (χ2v) is 3.16. The third-order valence-electron chi connectivity index (χ3n) is 1.81. The summed E-state index contributed by atoms with van der Waals surface area (Å²) >= 11 is 5.40. The Labute approximate surface area is 92.8 Å². The van der Waals surface area contributed by atoms with Crippen LogP contribution in [0.25, 0.3) is 11.5 Å². The number of alkyl halides is 1. The number of hydrogen-bond acceptors (Lipinski definition) is 3. The van der Waals surface area contributed by atoms with Crippen LogP contribution in [0, 0.1) is 17.5 Å². The van der Waals surface area contributed by atoms with Crippen molar-refractivity contribution in [3.8, 4) is 11.5 Å². The molecule has 7 heteroatoms. The summed E-state index contributed by atoms with van der Waals surface area (Å²) in [5.74, 6) is -3.56. The maximum absolute atomic E-state index is 13.3. The molecule has 0 aliphatic heterocycles. The number of halogens is 4. The van der Waals surface area contributed by atoms with Crippen LogP contribution in [0.1, 0.15) is 5.82 Å². The largest absolute Gasteiger partial charge is 0.334 e. The van der Waals surface area contributed by atoms with E-state index in [-0.39, 0.29) is 17.6 Å². The monoisotopic (exact) mass is 248 g/mol. The van der Waals surface area contributed by atoms with Gasteiger partial charge in [0.05, 0.1) is 5.88 Å². The van der Waals surface area contributed by atoms with Gasteiger partial charge < -0.3 is 4.52 Å². The van der Waals surface area contributed by atoms with Crippen molar-refractivity contribution in [1.82, 2.24) is 10.1 Å². The Hall–Kier alpha value is -1.56. The highest BCUT2D eigenvalue weighted by Crippen LogP contribution is 2.25. The highest BCUT2D eigenvalue weighted by molar-refractivity contribution is 6.16. The first-order chi connectivity index (χ1) is 7.61. The van der Waals surface area contributed by atoms with E-state index < -0.39 is 23.0 Å². The van der Waals surface area contributed by atoms with E-state index in [2.05, 4.69) is 14.7 Å². The van der Waals surface area contributed by atoms with Crippen molar-refractivity contribution in [3.63, 3.8) is 0 Å². The molecule has 0 spiro atoms. The molecule has 0 saturated heterocycles. The predicted octanol–water partition coefficient (Wildman–Crippen LogP) is 2.89. The molecular weight excluding hydrogens is 245 g/mol. The third-order valence-corrected chi connectivity index (χ3v) is 2.05. The van der Waals surface area contributed by atoms with Gasteiger partial charge in [-0.05, 0) is 0 Å². The van der Waals surface area contributed by atoms with Crippen molar-refractivity contribution in [2.24, 2.45) is 0 Å². The summed E-state index contributed by atoms with van der Waals surface area (Å²) in [6.07, 6.45) is 0. The van der Waals surface area contributed by atoms with Crippen molar-refractivity contribution in [3.05, 3.63) is 35.4 Å². The van der Waals surface area contributed by atoms with E-state index in [9.17, 15) is 13.2 Å². The maximum atomic E-state index is 13.3. The number of rotatable bonds is 2. The van der Waals surface area contributed by atoms with E-state index in [0.717, 1.165) is 0 Å². The molecule has 84 valence electrons.